The Kier molecular flexibility index (Phi) is 5.49. The molecule has 2 aromatic rings. The Hall–Kier alpha value is -2.33. The maximum atomic E-state index is 10.8. The van der Waals surface area contributed by atoms with E-state index in [2.05, 4.69) is 41.3 Å². The molecule has 0 aliphatic carbocycles. The van der Waals surface area contributed by atoms with Crippen molar-refractivity contribution in [3.63, 3.8) is 0 Å². The zero-order valence-electron chi connectivity index (χ0n) is 13.7. The van der Waals surface area contributed by atoms with E-state index in [1.54, 1.807) is 0 Å². The minimum Gasteiger partial charge on any atom is -0.494 e. The highest BCUT2D eigenvalue weighted by Gasteiger charge is 2.32. The normalized spacial score (nSPS) is 15.0. The van der Waals surface area contributed by atoms with Gasteiger partial charge in [-0.15, -0.1) is 0 Å². The van der Waals surface area contributed by atoms with Crippen LogP contribution in [0, 0.1) is 5.92 Å². The molecular weight excluding hydrogens is 302 g/mol. The van der Waals surface area contributed by atoms with Crippen LogP contribution in [-0.4, -0.2) is 35.7 Å². The lowest BCUT2D eigenvalue weighted by Crippen LogP contribution is -2.49. The molecule has 126 valence electrons. The smallest absolute Gasteiger partial charge is 0.309 e. The molecule has 2 aromatic carbocycles. The fraction of sp³-hybridized carbons (Fsp3) is 0.350. The molecule has 0 bridgehead atoms. The van der Waals surface area contributed by atoms with Crippen LogP contribution in [0.5, 0.6) is 5.75 Å². The lowest BCUT2D eigenvalue weighted by Gasteiger charge is -2.36. The highest BCUT2D eigenvalue weighted by molar-refractivity contribution is 5.71. The van der Waals surface area contributed by atoms with Gasteiger partial charge in [-0.1, -0.05) is 42.5 Å². The van der Waals surface area contributed by atoms with Gasteiger partial charge in [-0.05, 0) is 36.1 Å². The summed E-state index contributed by atoms with van der Waals surface area (Å²) in [5.74, 6) is -0.0139. The van der Waals surface area contributed by atoms with Gasteiger partial charge in [0.25, 0.3) is 0 Å². The largest absolute Gasteiger partial charge is 0.494 e. The lowest BCUT2D eigenvalue weighted by molar-refractivity contribution is -0.147. The van der Waals surface area contributed by atoms with Crippen LogP contribution in [0.25, 0.3) is 0 Å². The van der Waals surface area contributed by atoms with Crippen LogP contribution in [-0.2, 0) is 17.8 Å². The summed E-state index contributed by atoms with van der Waals surface area (Å²) in [4.78, 5) is 13.0. The molecule has 0 amide bonds. The van der Waals surface area contributed by atoms with Gasteiger partial charge in [0.15, 0.2) is 0 Å². The average molecular weight is 325 g/mol. The Labute approximate surface area is 142 Å². The zero-order valence-corrected chi connectivity index (χ0v) is 13.7. The number of likely N-dealkylation sites (tertiary alicyclic amines) is 1. The molecule has 0 atom stereocenters. The third kappa shape index (κ3) is 4.59. The van der Waals surface area contributed by atoms with E-state index in [9.17, 15) is 4.79 Å². The van der Waals surface area contributed by atoms with Crippen molar-refractivity contribution in [3.8, 4) is 5.75 Å². The molecule has 1 aliphatic heterocycles. The Morgan fingerprint density at radius 3 is 2.58 bits per heavy atom. The predicted octanol–water partition coefficient (Wildman–Crippen LogP) is 3.21. The molecule has 4 heteroatoms. The first-order valence-corrected chi connectivity index (χ1v) is 8.41. The van der Waals surface area contributed by atoms with Gasteiger partial charge in [0.1, 0.15) is 5.75 Å². The number of hydrogen-bond donors (Lipinski definition) is 1. The molecule has 1 N–H and O–H groups in total. The molecule has 0 unspecified atom stereocenters. The second-order valence-corrected chi connectivity index (χ2v) is 6.31. The lowest BCUT2D eigenvalue weighted by atomic mass is 9.99. The molecule has 4 nitrogen and oxygen atoms in total. The fourth-order valence-electron chi connectivity index (χ4n) is 2.96. The van der Waals surface area contributed by atoms with E-state index in [1.165, 1.54) is 11.1 Å². The van der Waals surface area contributed by atoms with Crippen molar-refractivity contribution in [3.05, 3.63) is 65.7 Å². The van der Waals surface area contributed by atoms with E-state index in [1.807, 2.05) is 18.2 Å². The minimum absolute atomic E-state index is 0.206. The molecule has 0 spiro atoms. The number of carbonyl (C=O) groups is 1. The summed E-state index contributed by atoms with van der Waals surface area (Å²) < 4.78 is 5.85. The third-order valence-corrected chi connectivity index (χ3v) is 4.33. The number of aliphatic carboxylic acids is 1. The van der Waals surface area contributed by atoms with Gasteiger partial charge >= 0.3 is 5.97 Å². The summed E-state index contributed by atoms with van der Waals surface area (Å²) in [6.45, 7) is 2.75. The van der Waals surface area contributed by atoms with E-state index in [-0.39, 0.29) is 5.92 Å². The van der Waals surface area contributed by atoms with E-state index in [4.69, 9.17) is 9.84 Å². The Balaban J connectivity index is 1.41. The molecule has 3 rings (SSSR count). The molecular formula is C20H23NO3. The number of carboxylic acid groups (broad SMARTS) is 1. The standard InChI is InChI=1S/C20H23NO3/c22-20(23)18-14-21(15-18)13-17-8-4-10-19(12-17)24-11-5-9-16-6-2-1-3-7-16/h1-4,6-8,10,12,18H,5,9,11,13-15H2,(H,22,23). The summed E-state index contributed by atoms with van der Waals surface area (Å²) in [7, 11) is 0. The number of benzene rings is 2. The quantitative estimate of drug-likeness (QED) is 0.757. The zero-order chi connectivity index (χ0) is 16.8. The van der Waals surface area contributed by atoms with Crippen LogP contribution in [0.15, 0.2) is 54.6 Å². The van der Waals surface area contributed by atoms with Crippen LogP contribution < -0.4 is 4.74 Å². The maximum absolute atomic E-state index is 10.8. The number of rotatable bonds is 8. The van der Waals surface area contributed by atoms with Crippen LogP contribution in [0.2, 0.25) is 0 Å². The molecule has 0 aromatic heterocycles. The predicted molar refractivity (Wildman–Crippen MR) is 93.1 cm³/mol. The van der Waals surface area contributed by atoms with Crippen molar-refractivity contribution in [2.75, 3.05) is 19.7 Å². The minimum atomic E-state index is -0.693. The number of hydrogen-bond acceptors (Lipinski definition) is 3. The van der Waals surface area contributed by atoms with Crippen molar-refractivity contribution in [1.82, 2.24) is 4.90 Å². The molecule has 1 aliphatic rings. The van der Waals surface area contributed by atoms with E-state index < -0.39 is 5.97 Å². The van der Waals surface area contributed by atoms with Crippen LogP contribution in [0.1, 0.15) is 17.5 Å². The van der Waals surface area contributed by atoms with Crippen LogP contribution in [0.3, 0.4) is 0 Å². The van der Waals surface area contributed by atoms with Crippen molar-refractivity contribution in [2.45, 2.75) is 19.4 Å². The SMILES string of the molecule is O=C(O)C1CN(Cc2cccc(OCCCc3ccccc3)c2)C1. The van der Waals surface area contributed by atoms with Crippen molar-refractivity contribution in [1.29, 1.82) is 0 Å². The maximum Gasteiger partial charge on any atom is 0.309 e. The van der Waals surface area contributed by atoms with Crippen molar-refractivity contribution >= 4 is 5.97 Å². The van der Waals surface area contributed by atoms with E-state index in [0.717, 1.165) is 25.1 Å². The molecule has 1 fully saturated rings. The fourth-order valence-corrected chi connectivity index (χ4v) is 2.96. The monoisotopic (exact) mass is 325 g/mol. The molecule has 0 saturated carbocycles. The molecule has 24 heavy (non-hydrogen) atoms. The summed E-state index contributed by atoms with van der Waals surface area (Å²) >= 11 is 0. The highest BCUT2D eigenvalue weighted by atomic mass is 16.5. The van der Waals surface area contributed by atoms with Crippen LogP contribution >= 0.6 is 0 Å². The first-order chi connectivity index (χ1) is 11.7. The molecule has 1 heterocycles. The Morgan fingerprint density at radius 1 is 1.08 bits per heavy atom. The van der Waals surface area contributed by atoms with Gasteiger partial charge in [-0.2, -0.15) is 0 Å². The summed E-state index contributed by atoms with van der Waals surface area (Å²) in [6, 6.07) is 18.5. The van der Waals surface area contributed by atoms with Gasteiger partial charge in [0, 0.05) is 19.6 Å². The average Bonchev–Trinajstić information content (AvgIpc) is 2.56. The van der Waals surface area contributed by atoms with Gasteiger partial charge in [0.2, 0.25) is 0 Å². The number of carboxylic acids is 1. The highest BCUT2D eigenvalue weighted by Crippen LogP contribution is 2.21. The first kappa shape index (κ1) is 16.5. The second kappa shape index (κ2) is 7.97. The second-order valence-electron chi connectivity index (χ2n) is 6.31. The van der Waals surface area contributed by atoms with Crippen LogP contribution in [0.4, 0.5) is 0 Å². The van der Waals surface area contributed by atoms with Gasteiger partial charge in [-0.3, -0.25) is 9.69 Å². The summed E-state index contributed by atoms with van der Waals surface area (Å²) in [6.07, 6.45) is 2.01. The van der Waals surface area contributed by atoms with Gasteiger partial charge < -0.3 is 9.84 Å². The van der Waals surface area contributed by atoms with Crippen molar-refractivity contribution in [2.24, 2.45) is 5.92 Å². The van der Waals surface area contributed by atoms with E-state index >= 15 is 0 Å². The number of aryl methyl sites for hydroxylation is 1. The Bertz CT molecular complexity index is 666. The summed E-state index contributed by atoms with van der Waals surface area (Å²) in [5, 5.41) is 8.92. The molecule has 0 radical (unpaired) electrons. The molecule has 1 saturated heterocycles. The third-order valence-electron chi connectivity index (χ3n) is 4.33. The van der Waals surface area contributed by atoms with E-state index in [0.29, 0.717) is 19.7 Å². The van der Waals surface area contributed by atoms with Gasteiger partial charge in [0.05, 0.1) is 12.5 Å². The number of ether oxygens (including phenoxy) is 1. The number of nitrogens with zero attached hydrogens (tertiary/aromatic N) is 1. The topological polar surface area (TPSA) is 49.8 Å². The Morgan fingerprint density at radius 2 is 1.83 bits per heavy atom. The summed E-state index contributed by atoms with van der Waals surface area (Å²) in [5.41, 5.74) is 2.50. The first-order valence-electron chi connectivity index (χ1n) is 8.41. The van der Waals surface area contributed by atoms with Gasteiger partial charge in [-0.25, -0.2) is 0 Å². The van der Waals surface area contributed by atoms with Crippen molar-refractivity contribution < 1.29 is 14.6 Å².